The third-order valence-electron chi connectivity index (χ3n) is 9.93. The van der Waals surface area contributed by atoms with E-state index in [4.69, 9.17) is 22.9 Å². The van der Waals surface area contributed by atoms with E-state index in [1.54, 1.807) is 50.4 Å². The molecule has 0 saturated carbocycles. The first kappa shape index (κ1) is 61.9. The van der Waals surface area contributed by atoms with E-state index in [9.17, 15) is 68.1 Å². The van der Waals surface area contributed by atoms with E-state index in [2.05, 4.69) is 52.8 Å². The topological polar surface area (TPSA) is 473 Å². The number of carboxylic acid groups (broad SMARTS) is 1. The Balaban J connectivity index is 3.04. The van der Waals surface area contributed by atoms with Crippen molar-refractivity contribution in [3.05, 3.63) is 35.9 Å². The van der Waals surface area contributed by atoms with E-state index in [0.29, 0.717) is 11.3 Å². The van der Waals surface area contributed by atoms with E-state index in [1.807, 2.05) is 0 Å². The van der Waals surface area contributed by atoms with Crippen LogP contribution in [-0.2, 0) is 59.2 Å². The van der Waals surface area contributed by atoms with Gasteiger partial charge in [-0.15, -0.1) is 0 Å². The van der Waals surface area contributed by atoms with Crippen LogP contribution in [0.15, 0.2) is 35.3 Å². The molecule has 0 unspecified atom stereocenters. The number of benzene rings is 1. The molecule has 8 atom stereocenters. The number of primary amides is 1. The molecule has 10 amide bonds. The molecule has 0 aliphatic carbocycles. The van der Waals surface area contributed by atoms with E-state index >= 15 is 0 Å². The second kappa shape index (κ2) is 32.7. The molecule has 396 valence electrons. The first-order valence-corrected chi connectivity index (χ1v) is 23.6. The quantitative estimate of drug-likeness (QED) is 0.0177. The molecule has 71 heavy (non-hydrogen) atoms. The van der Waals surface area contributed by atoms with Crippen LogP contribution in [0.3, 0.4) is 0 Å². The molecule has 0 spiro atoms. The highest BCUT2D eigenvalue weighted by Gasteiger charge is 2.33. The lowest BCUT2D eigenvalue weighted by molar-refractivity contribution is -0.141. The van der Waals surface area contributed by atoms with Crippen molar-refractivity contribution in [2.24, 2.45) is 33.8 Å². The first-order chi connectivity index (χ1) is 33.4. The number of hydrogen-bond donors (Lipinski definition) is 16. The predicted molar refractivity (Wildman–Crippen MR) is 257 cm³/mol. The Labute approximate surface area is 413 Å². The van der Waals surface area contributed by atoms with Crippen LogP contribution in [0.2, 0.25) is 0 Å². The van der Waals surface area contributed by atoms with Gasteiger partial charge in [0.15, 0.2) is 5.96 Å². The van der Waals surface area contributed by atoms with Crippen LogP contribution in [0.4, 0.5) is 0 Å². The van der Waals surface area contributed by atoms with Crippen LogP contribution in [0.5, 0.6) is 0 Å². The number of guanidine groups is 1. The number of aliphatic hydroxyl groups is 2. The fraction of sp³-hybridized carbons (Fsp3) is 0.571. The van der Waals surface area contributed by atoms with Gasteiger partial charge in [0.1, 0.15) is 42.3 Å². The molecular formula is C42H68N14O14S. The number of nitrogens with one attached hydrogen (secondary N) is 9. The van der Waals surface area contributed by atoms with Gasteiger partial charge in [0.05, 0.1) is 38.8 Å². The number of rotatable bonds is 33. The van der Waals surface area contributed by atoms with Gasteiger partial charge in [-0.3, -0.25) is 52.9 Å². The van der Waals surface area contributed by atoms with Crippen molar-refractivity contribution in [2.45, 2.75) is 101 Å². The van der Waals surface area contributed by atoms with Crippen LogP contribution in [0.25, 0.3) is 0 Å². The molecule has 0 fully saturated rings. The molecule has 20 N–H and O–H groups in total. The molecule has 0 aliphatic rings. The smallest absolute Gasteiger partial charge is 0.326 e. The standard InChI is InChI=1S/C42H68N14O14S/c1-21(2)33(39(67)49-19-32(62)56-34(22(3)58)40(68)50-17-30(60)51-26(41(69)70)12-14-71-4)55-31(61)18-48-36(64)28(16-29(44)59)54-37(65)25(11-8-13-47-42(45)46)52-38(66)27(53-35(63)24(43)20-57)15-23-9-6-5-7-10-23/h5-7,9-10,21-22,24-28,33-34,57-58H,8,11-20,43H2,1-4H3,(H2,44,59)(H,48,64)(H,49,67)(H,50,68)(H,51,60)(H,52,66)(H,53,63)(H,54,65)(H,55,61)(H,56,62)(H,69,70)(H4,45,46,47)/t22-,24+,25+,26+,27+,28+,33+,34+/m1/s1. The Kier molecular flexibility index (Phi) is 28.5. The summed E-state index contributed by atoms with van der Waals surface area (Å²) in [6.07, 6.45) is -0.513. The van der Waals surface area contributed by atoms with Gasteiger partial charge < -0.3 is 86.1 Å². The third kappa shape index (κ3) is 24.8. The average molecular weight is 1030 g/mol. The summed E-state index contributed by atoms with van der Waals surface area (Å²) in [7, 11) is 0. The molecule has 0 saturated heterocycles. The molecule has 29 heteroatoms. The highest BCUT2D eigenvalue weighted by molar-refractivity contribution is 7.98. The minimum absolute atomic E-state index is 0.00404. The van der Waals surface area contributed by atoms with E-state index in [1.165, 1.54) is 18.7 Å². The Bertz CT molecular complexity index is 2030. The van der Waals surface area contributed by atoms with Crippen LogP contribution in [-0.4, -0.2) is 180 Å². The Morgan fingerprint density at radius 2 is 1.14 bits per heavy atom. The predicted octanol–water partition coefficient (Wildman–Crippen LogP) is -7.39. The summed E-state index contributed by atoms with van der Waals surface area (Å²) in [4.78, 5) is 145. The summed E-state index contributed by atoms with van der Waals surface area (Å²) >= 11 is 1.37. The van der Waals surface area contributed by atoms with Gasteiger partial charge in [-0.2, -0.15) is 11.8 Å². The Hall–Kier alpha value is -7.11. The summed E-state index contributed by atoms with van der Waals surface area (Å²) in [5.74, 6) is -11.2. The number of aliphatic hydroxyl groups excluding tert-OH is 2. The van der Waals surface area contributed by atoms with Crippen molar-refractivity contribution in [1.82, 2.24) is 47.9 Å². The second-order valence-electron chi connectivity index (χ2n) is 16.2. The fourth-order valence-corrected chi connectivity index (χ4v) is 6.59. The molecule has 1 aromatic rings. The number of nitrogens with zero attached hydrogens (tertiary/aromatic N) is 1. The van der Waals surface area contributed by atoms with Crippen molar-refractivity contribution in [3.63, 3.8) is 0 Å². The number of carboxylic acids is 1. The lowest BCUT2D eigenvalue weighted by Gasteiger charge is -2.26. The summed E-state index contributed by atoms with van der Waals surface area (Å²) in [6.45, 7) is 1.28. The number of carbonyl (C=O) groups is 11. The Morgan fingerprint density at radius 3 is 1.65 bits per heavy atom. The molecule has 0 aliphatic heterocycles. The van der Waals surface area contributed by atoms with Crippen LogP contribution >= 0.6 is 11.8 Å². The number of thioether (sulfide) groups is 1. The molecule has 0 aromatic heterocycles. The largest absolute Gasteiger partial charge is 0.480 e. The van der Waals surface area contributed by atoms with Gasteiger partial charge in [-0.25, -0.2) is 4.79 Å². The van der Waals surface area contributed by atoms with Gasteiger partial charge in [-0.1, -0.05) is 44.2 Å². The maximum absolute atomic E-state index is 13.8. The van der Waals surface area contributed by atoms with Crippen molar-refractivity contribution >= 4 is 82.8 Å². The minimum atomic E-state index is -1.71. The van der Waals surface area contributed by atoms with E-state index in [0.717, 1.165) is 0 Å². The number of nitrogens with two attached hydrogens (primary N) is 4. The number of aliphatic imine (C=N–C) groups is 1. The van der Waals surface area contributed by atoms with E-state index < -0.39 is 152 Å². The number of amides is 10. The molecule has 0 bridgehead atoms. The van der Waals surface area contributed by atoms with Gasteiger partial charge in [-0.05, 0) is 49.7 Å². The zero-order valence-electron chi connectivity index (χ0n) is 39.9. The summed E-state index contributed by atoms with van der Waals surface area (Å²) in [5, 5.41) is 49.8. The van der Waals surface area contributed by atoms with Gasteiger partial charge in [0.2, 0.25) is 59.1 Å². The minimum Gasteiger partial charge on any atom is -0.480 e. The van der Waals surface area contributed by atoms with Gasteiger partial charge >= 0.3 is 5.97 Å². The summed E-state index contributed by atoms with van der Waals surface area (Å²) < 4.78 is 0. The van der Waals surface area contributed by atoms with Crippen molar-refractivity contribution in [1.29, 1.82) is 0 Å². The third-order valence-corrected chi connectivity index (χ3v) is 10.6. The van der Waals surface area contributed by atoms with Crippen LogP contribution < -0.4 is 70.8 Å². The maximum atomic E-state index is 13.8. The van der Waals surface area contributed by atoms with Crippen LogP contribution in [0.1, 0.15) is 52.0 Å². The lowest BCUT2D eigenvalue weighted by atomic mass is 10.0. The fourth-order valence-electron chi connectivity index (χ4n) is 6.12. The summed E-state index contributed by atoms with van der Waals surface area (Å²) in [5.41, 5.74) is 22.5. The summed E-state index contributed by atoms with van der Waals surface area (Å²) in [6, 6.07) is -1.52. The zero-order chi connectivity index (χ0) is 53.8. The van der Waals surface area contributed by atoms with Crippen molar-refractivity contribution in [3.8, 4) is 0 Å². The van der Waals surface area contributed by atoms with Crippen molar-refractivity contribution < 1.29 is 68.1 Å². The second-order valence-corrected chi connectivity index (χ2v) is 17.2. The molecular weight excluding hydrogens is 957 g/mol. The monoisotopic (exact) mass is 1020 g/mol. The number of hydrogen-bond acceptors (Lipinski definition) is 16. The van der Waals surface area contributed by atoms with Crippen LogP contribution in [0, 0.1) is 5.92 Å². The van der Waals surface area contributed by atoms with Gasteiger partial charge in [0.25, 0.3) is 0 Å². The molecule has 0 radical (unpaired) electrons. The highest BCUT2D eigenvalue weighted by atomic mass is 32.2. The molecule has 28 nitrogen and oxygen atoms in total. The Morgan fingerprint density at radius 1 is 0.634 bits per heavy atom. The lowest BCUT2D eigenvalue weighted by Crippen LogP contribution is -2.59. The molecule has 0 heterocycles. The molecule has 1 rings (SSSR count). The highest BCUT2D eigenvalue weighted by Crippen LogP contribution is 2.08. The normalized spacial score (nSPS) is 14.2. The number of carbonyl (C=O) groups excluding carboxylic acids is 10. The SMILES string of the molecule is CSCC[C@H](NC(=O)CNC(=O)[C@@H](NC(=O)CNC(=O)[C@@H](NC(=O)CNC(=O)[C@H](CC(N)=O)NC(=O)[C@H](CCCN=C(N)N)NC(=O)[C@H](Cc1ccccc1)NC(=O)[C@@H](N)CO)C(C)C)[C@@H](C)O)C(=O)O. The zero-order valence-corrected chi connectivity index (χ0v) is 40.7. The molecule has 1 aromatic carbocycles. The van der Waals surface area contributed by atoms with Crippen molar-refractivity contribution in [2.75, 3.05) is 44.8 Å². The van der Waals surface area contributed by atoms with E-state index in [-0.39, 0.29) is 38.2 Å². The van der Waals surface area contributed by atoms with Gasteiger partial charge in [0, 0.05) is 13.0 Å². The average Bonchev–Trinajstić information content (AvgIpc) is 3.31. The maximum Gasteiger partial charge on any atom is 0.326 e. The number of aliphatic carboxylic acids is 1. The first-order valence-electron chi connectivity index (χ1n) is 22.2.